The van der Waals surface area contributed by atoms with E-state index in [1.807, 2.05) is 6.92 Å². The van der Waals surface area contributed by atoms with Gasteiger partial charge in [0.1, 0.15) is 0 Å². The molecule has 0 aromatic rings. The number of hydrogen-bond acceptors (Lipinski definition) is 3. The molecule has 1 saturated heterocycles. The largest absolute Gasteiger partial charge is 0.391 e. The van der Waals surface area contributed by atoms with Crippen LogP contribution in [0.2, 0.25) is 0 Å². The van der Waals surface area contributed by atoms with Gasteiger partial charge in [-0.25, -0.2) is 0 Å². The Bertz CT molecular complexity index is 528. The number of ether oxygens (including phenoxy) is 1. The van der Waals surface area contributed by atoms with Gasteiger partial charge in [0.25, 0.3) is 0 Å². The molecule has 27 heavy (non-hydrogen) atoms. The molecule has 0 aromatic carbocycles. The van der Waals surface area contributed by atoms with Gasteiger partial charge in [-0.2, -0.15) is 0 Å². The zero-order valence-electron chi connectivity index (χ0n) is 17.8. The summed E-state index contributed by atoms with van der Waals surface area (Å²) in [5.41, 5.74) is 2.58. The number of hydrogen-bond donors (Lipinski definition) is 2. The molecular weight excluding hydrogens is 334 g/mol. The van der Waals surface area contributed by atoms with Crippen molar-refractivity contribution in [2.75, 3.05) is 6.61 Å². The van der Waals surface area contributed by atoms with Crippen LogP contribution in [0.15, 0.2) is 23.8 Å². The van der Waals surface area contributed by atoms with Crippen molar-refractivity contribution < 1.29 is 9.84 Å². The Morgan fingerprint density at radius 2 is 2.00 bits per heavy atom. The summed E-state index contributed by atoms with van der Waals surface area (Å²) in [5, 5.41) is 13.9. The molecule has 0 aromatic heterocycles. The van der Waals surface area contributed by atoms with Crippen molar-refractivity contribution in [1.82, 2.24) is 5.32 Å². The van der Waals surface area contributed by atoms with Crippen LogP contribution in [0.3, 0.4) is 0 Å². The summed E-state index contributed by atoms with van der Waals surface area (Å²) in [5.74, 6) is 2.08. The Morgan fingerprint density at radius 3 is 2.70 bits per heavy atom. The molecule has 0 amide bonds. The summed E-state index contributed by atoms with van der Waals surface area (Å²) in [4.78, 5) is 0. The van der Waals surface area contributed by atoms with Gasteiger partial charge in [0.15, 0.2) is 0 Å². The van der Waals surface area contributed by atoms with Crippen molar-refractivity contribution >= 4 is 0 Å². The van der Waals surface area contributed by atoms with Crippen molar-refractivity contribution in [3.8, 4) is 0 Å². The Kier molecular flexibility index (Phi) is 7.58. The van der Waals surface area contributed by atoms with Crippen LogP contribution in [0.4, 0.5) is 0 Å². The summed E-state index contributed by atoms with van der Waals surface area (Å²) in [7, 11) is 0. The highest BCUT2D eigenvalue weighted by Crippen LogP contribution is 2.40. The van der Waals surface area contributed by atoms with Crippen molar-refractivity contribution in [1.29, 1.82) is 0 Å². The lowest BCUT2D eigenvalue weighted by Crippen LogP contribution is -2.52. The first-order valence-corrected chi connectivity index (χ1v) is 11.3. The molecule has 2 aliphatic carbocycles. The first-order valence-electron chi connectivity index (χ1n) is 11.3. The maximum absolute atomic E-state index is 10.2. The fourth-order valence-corrected chi connectivity index (χ4v) is 5.50. The number of piperidine rings is 1. The van der Waals surface area contributed by atoms with E-state index in [1.165, 1.54) is 50.5 Å². The summed E-state index contributed by atoms with van der Waals surface area (Å²) in [6, 6.07) is 0.583. The van der Waals surface area contributed by atoms with Crippen LogP contribution >= 0.6 is 0 Å². The molecule has 3 nitrogen and oxygen atoms in total. The van der Waals surface area contributed by atoms with E-state index in [2.05, 4.69) is 31.8 Å². The van der Waals surface area contributed by atoms with Crippen LogP contribution in [-0.4, -0.2) is 36.0 Å². The minimum atomic E-state index is -0.270. The highest BCUT2D eigenvalue weighted by molar-refractivity contribution is 5.08. The van der Waals surface area contributed by atoms with Gasteiger partial charge >= 0.3 is 0 Å². The van der Waals surface area contributed by atoms with E-state index in [0.29, 0.717) is 24.0 Å². The zero-order valence-corrected chi connectivity index (χ0v) is 17.8. The highest BCUT2D eigenvalue weighted by Gasteiger charge is 2.37. The fraction of sp³-hybridized carbons (Fsp3) is 0.833. The maximum atomic E-state index is 10.2. The Balaban J connectivity index is 1.48. The SMILES string of the molecule is C=C(C)C1NC(CC2CCC(OCC3=CCCCC3)C(C)C2C)CCC1O. The van der Waals surface area contributed by atoms with Crippen LogP contribution in [0.5, 0.6) is 0 Å². The van der Waals surface area contributed by atoms with Crippen molar-refractivity contribution in [3.05, 3.63) is 23.8 Å². The van der Waals surface area contributed by atoms with E-state index in [4.69, 9.17) is 4.74 Å². The van der Waals surface area contributed by atoms with Crippen LogP contribution in [0.1, 0.15) is 78.6 Å². The monoisotopic (exact) mass is 375 g/mol. The highest BCUT2D eigenvalue weighted by atomic mass is 16.5. The topological polar surface area (TPSA) is 41.5 Å². The van der Waals surface area contributed by atoms with Crippen molar-refractivity contribution in [3.63, 3.8) is 0 Å². The van der Waals surface area contributed by atoms with Gasteiger partial charge in [0.05, 0.1) is 24.9 Å². The van der Waals surface area contributed by atoms with Crippen molar-refractivity contribution in [2.45, 2.75) is 103 Å². The fourth-order valence-electron chi connectivity index (χ4n) is 5.50. The van der Waals surface area contributed by atoms with Crippen LogP contribution < -0.4 is 5.32 Å². The average Bonchev–Trinajstić information content (AvgIpc) is 2.67. The standard InChI is InChI=1S/C24H41NO2/c1-16(2)24-22(26)12-11-21(25-24)14-20-10-13-23(18(4)17(20)3)27-15-19-8-6-5-7-9-19/h8,17-18,20-26H,1,5-7,9-15H2,2-4H3. The Hall–Kier alpha value is -0.640. The second kappa shape index (κ2) is 9.71. The quantitative estimate of drug-likeness (QED) is 0.642. The molecule has 0 radical (unpaired) electrons. The lowest BCUT2D eigenvalue weighted by atomic mass is 9.69. The van der Waals surface area contributed by atoms with Crippen LogP contribution in [0.25, 0.3) is 0 Å². The molecule has 0 bridgehead atoms. The lowest BCUT2D eigenvalue weighted by molar-refractivity contribution is -0.0374. The van der Waals surface area contributed by atoms with E-state index >= 15 is 0 Å². The van der Waals surface area contributed by atoms with Gasteiger partial charge in [0, 0.05) is 6.04 Å². The average molecular weight is 376 g/mol. The predicted octanol–water partition coefficient (Wildman–Crippen LogP) is 5.00. The molecule has 1 saturated carbocycles. The minimum absolute atomic E-state index is 0.0694. The lowest BCUT2D eigenvalue weighted by Gasteiger charge is -2.43. The molecule has 3 aliphatic rings. The third-order valence-corrected chi connectivity index (χ3v) is 7.58. The van der Waals surface area contributed by atoms with E-state index in [9.17, 15) is 5.11 Å². The minimum Gasteiger partial charge on any atom is -0.391 e. The van der Waals surface area contributed by atoms with E-state index < -0.39 is 0 Å². The van der Waals surface area contributed by atoms with Gasteiger partial charge in [0.2, 0.25) is 0 Å². The van der Waals surface area contributed by atoms with Gasteiger partial charge in [-0.05, 0) is 88.0 Å². The summed E-state index contributed by atoms with van der Waals surface area (Å²) in [6.07, 6.45) is 13.4. The van der Waals surface area contributed by atoms with Gasteiger partial charge in [-0.1, -0.05) is 32.1 Å². The molecule has 154 valence electrons. The first-order chi connectivity index (χ1) is 13.0. The molecule has 1 heterocycles. The van der Waals surface area contributed by atoms with Crippen LogP contribution in [-0.2, 0) is 4.74 Å². The van der Waals surface area contributed by atoms with Crippen molar-refractivity contribution in [2.24, 2.45) is 17.8 Å². The third kappa shape index (κ3) is 5.46. The number of aliphatic hydroxyl groups is 1. The Labute approximate surface area is 166 Å². The van der Waals surface area contributed by atoms with Crippen LogP contribution in [0, 0.1) is 17.8 Å². The van der Waals surface area contributed by atoms with E-state index in [-0.39, 0.29) is 12.1 Å². The molecule has 7 unspecified atom stereocenters. The molecule has 1 aliphatic heterocycles. The van der Waals surface area contributed by atoms with E-state index in [0.717, 1.165) is 30.9 Å². The number of nitrogens with one attached hydrogen (secondary N) is 1. The molecule has 7 atom stereocenters. The molecule has 2 N–H and O–H groups in total. The normalized spacial score (nSPS) is 40.4. The van der Waals surface area contributed by atoms with Gasteiger partial charge in [-0.15, -0.1) is 0 Å². The summed E-state index contributed by atoms with van der Waals surface area (Å²) >= 11 is 0. The summed E-state index contributed by atoms with van der Waals surface area (Å²) < 4.78 is 6.38. The molecular formula is C24H41NO2. The third-order valence-electron chi connectivity index (χ3n) is 7.58. The number of allylic oxidation sites excluding steroid dienone is 1. The Morgan fingerprint density at radius 1 is 1.19 bits per heavy atom. The first kappa shape index (κ1) is 21.1. The van der Waals surface area contributed by atoms with Gasteiger partial charge < -0.3 is 15.2 Å². The maximum Gasteiger partial charge on any atom is 0.0732 e. The second-order valence-corrected chi connectivity index (χ2v) is 9.58. The smallest absolute Gasteiger partial charge is 0.0732 e. The molecule has 3 rings (SSSR count). The zero-order chi connectivity index (χ0) is 19.4. The van der Waals surface area contributed by atoms with Gasteiger partial charge in [-0.3, -0.25) is 0 Å². The summed E-state index contributed by atoms with van der Waals surface area (Å²) in [6.45, 7) is 11.8. The second-order valence-electron chi connectivity index (χ2n) is 9.58. The molecule has 0 spiro atoms. The molecule has 2 fully saturated rings. The molecule has 3 heteroatoms. The van der Waals surface area contributed by atoms with E-state index in [1.54, 1.807) is 0 Å². The number of rotatable bonds is 6. The number of aliphatic hydroxyl groups excluding tert-OH is 1. The predicted molar refractivity (Wildman–Crippen MR) is 113 cm³/mol.